The Kier molecular flexibility index (Phi) is 2.24. The largest absolute Gasteiger partial charge is 0.267 e. The first kappa shape index (κ1) is 9.89. The summed E-state index contributed by atoms with van der Waals surface area (Å²) < 4.78 is 0. The quantitative estimate of drug-likeness (QED) is 0.785. The molecule has 3 heteroatoms. The first-order valence-corrected chi connectivity index (χ1v) is 6.34. The molecule has 0 spiro atoms. The van der Waals surface area contributed by atoms with Crippen LogP contribution in [0.4, 0.5) is 0 Å². The molecule has 2 aliphatic carbocycles. The zero-order valence-electron chi connectivity index (χ0n) is 9.66. The molecule has 3 atom stereocenters. The number of H-pyrrole nitrogens is 1. The van der Waals surface area contributed by atoms with Crippen LogP contribution in [0.5, 0.6) is 0 Å². The summed E-state index contributed by atoms with van der Waals surface area (Å²) in [6.45, 7) is 2.25. The van der Waals surface area contributed by atoms with Crippen molar-refractivity contribution in [2.45, 2.75) is 44.9 Å². The molecule has 0 saturated heterocycles. The van der Waals surface area contributed by atoms with Gasteiger partial charge >= 0.3 is 0 Å². The summed E-state index contributed by atoms with van der Waals surface area (Å²) in [6, 6.07) is 2.20. The third-order valence-electron chi connectivity index (χ3n) is 4.24. The van der Waals surface area contributed by atoms with Gasteiger partial charge in [0.15, 0.2) is 0 Å². The van der Waals surface area contributed by atoms with E-state index in [4.69, 9.17) is 5.26 Å². The first-order chi connectivity index (χ1) is 7.86. The normalized spacial score (nSPS) is 29.6. The predicted octanol–water partition coefficient (Wildman–Crippen LogP) is 2.75. The standard InChI is InChI=1S/C13H17N3/c1-2-3-4-5-8-9-6-10-11(7-14)15-16-13(10)12(8)9/h8-9,12H,2-6H2,1H3,(H,15,16)/t8-,9+,12-/m1/s1. The molecule has 1 N–H and O–H groups in total. The maximum absolute atomic E-state index is 8.91. The summed E-state index contributed by atoms with van der Waals surface area (Å²) in [5.41, 5.74) is 3.13. The summed E-state index contributed by atoms with van der Waals surface area (Å²) in [7, 11) is 0. The second-order valence-corrected chi connectivity index (χ2v) is 5.13. The lowest BCUT2D eigenvalue weighted by Gasteiger charge is -2.02. The molecular weight excluding hydrogens is 198 g/mol. The van der Waals surface area contributed by atoms with E-state index in [1.165, 1.54) is 36.9 Å². The van der Waals surface area contributed by atoms with Crippen LogP contribution >= 0.6 is 0 Å². The lowest BCUT2D eigenvalue weighted by Crippen LogP contribution is -1.94. The van der Waals surface area contributed by atoms with E-state index in [0.717, 1.165) is 18.3 Å². The van der Waals surface area contributed by atoms with Gasteiger partial charge in [-0.15, -0.1) is 0 Å². The van der Waals surface area contributed by atoms with Gasteiger partial charge < -0.3 is 0 Å². The molecule has 0 radical (unpaired) electrons. The molecule has 16 heavy (non-hydrogen) atoms. The monoisotopic (exact) mass is 215 g/mol. The van der Waals surface area contributed by atoms with Crippen molar-refractivity contribution in [2.75, 3.05) is 0 Å². The maximum atomic E-state index is 8.91. The van der Waals surface area contributed by atoms with Gasteiger partial charge in [-0.2, -0.15) is 10.4 Å². The molecule has 3 rings (SSSR count). The lowest BCUT2D eigenvalue weighted by atomic mass is 10.0. The van der Waals surface area contributed by atoms with Crippen molar-refractivity contribution in [1.82, 2.24) is 10.2 Å². The fraction of sp³-hybridized carbons (Fsp3) is 0.692. The molecule has 2 aliphatic rings. The minimum atomic E-state index is 0.685. The van der Waals surface area contributed by atoms with E-state index in [2.05, 4.69) is 23.2 Å². The summed E-state index contributed by atoms with van der Waals surface area (Å²) in [4.78, 5) is 0. The molecule has 0 aliphatic heterocycles. The van der Waals surface area contributed by atoms with Crippen molar-refractivity contribution in [3.63, 3.8) is 0 Å². The van der Waals surface area contributed by atoms with Gasteiger partial charge in [0.1, 0.15) is 11.8 Å². The van der Waals surface area contributed by atoms with Crippen LogP contribution in [-0.2, 0) is 6.42 Å². The molecule has 1 aromatic heterocycles. The summed E-state index contributed by atoms with van der Waals surface area (Å²) in [5, 5.41) is 16.1. The molecule has 84 valence electrons. The molecule has 3 nitrogen and oxygen atoms in total. The van der Waals surface area contributed by atoms with Crippen LogP contribution in [0.3, 0.4) is 0 Å². The number of nitrogens with zero attached hydrogens (tertiary/aromatic N) is 2. The van der Waals surface area contributed by atoms with Crippen molar-refractivity contribution in [3.8, 4) is 6.07 Å². The Morgan fingerprint density at radius 3 is 3.12 bits per heavy atom. The van der Waals surface area contributed by atoms with Crippen molar-refractivity contribution in [3.05, 3.63) is 17.0 Å². The zero-order valence-corrected chi connectivity index (χ0v) is 9.66. The highest BCUT2D eigenvalue weighted by Gasteiger charge is 2.57. The van der Waals surface area contributed by atoms with Crippen LogP contribution in [0.1, 0.15) is 55.5 Å². The van der Waals surface area contributed by atoms with Crippen LogP contribution in [0.15, 0.2) is 0 Å². The number of nitriles is 1. The second kappa shape index (κ2) is 3.62. The van der Waals surface area contributed by atoms with Crippen molar-refractivity contribution < 1.29 is 0 Å². The Hall–Kier alpha value is -1.30. The maximum Gasteiger partial charge on any atom is 0.138 e. The Morgan fingerprint density at radius 1 is 1.50 bits per heavy atom. The van der Waals surface area contributed by atoms with E-state index in [1.54, 1.807) is 0 Å². The van der Waals surface area contributed by atoms with Crippen LogP contribution in [0.2, 0.25) is 0 Å². The fourth-order valence-corrected chi connectivity index (χ4v) is 3.34. The van der Waals surface area contributed by atoms with E-state index in [1.807, 2.05) is 0 Å². The third kappa shape index (κ3) is 1.29. The van der Waals surface area contributed by atoms with Gasteiger partial charge in [0.25, 0.3) is 0 Å². The lowest BCUT2D eigenvalue weighted by molar-refractivity contribution is 0.571. The Labute approximate surface area is 95.9 Å². The first-order valence-electron chi connectivity index (χ1n) is 6.34. The summed E-state index contributed by atoms with van der Waals surface area (Å²) in [6.07, 6.45) is 6.47. The molecule has 1 heterocycles. The molecule has 1 saturated carbocycles. The van der Waals surface area contributed by atoms with E-state index in [9.17, 15) is 0 Å². The van der Waals surface area contributed by atoms with E-state index < -0.39 is 0 Å². The molecule has 0 unspecified atom stereocenters. The van der Waals surface area contributed by atoms with Gasteiger partial charge in [0.2, 0.25) is 0 Å². The third-order valence-corrected chi connectivity index (χ3v) is 4.24. The summed E-state index contributed by atoms with van der Waals surface area (Å²) >= 11 is 0. The highest BCUT2D eigenvalue weighted by molar-refractivity contribution is 5.45. The van der Waals surface area contributed by atoms with E-state index >= 15 is 0 Å². The minimum absolute atomic E-state index is 0.685. The Bertz CT molecular complexity index is 441. The van der Waals surface area contributed by atoms with Crippen LogP contribution < -0.4 is 0 Å². The minimum Gasteiger partial charge on any atom is -0.267 e. The van der Waals surface area contributed by atoms with E-state index in [-0.39, 0.29) is 0 Å². The molecule has 1 aromatic rings. The van der Waals surface area contributed by atoms with Gasteiger partial charge in [-0.1, -0.05) is 26.2 Å². The number of hydrogen-bond donors (Lipinski definition) is 1. The van der Waals surface area contributed by atoms with Crippen molar-refractivity contribution in [1.29, 1.82) is 5.26 Å². The van der Waals surface area contributed by atoms with Gasteiger partial charge in [0, 0.05) is 11.5 Å². The smallest absolute Gasteiger partial charge is 0.138 e. The number of nitrogens with one attached hydrogen (secondary N) is 1. The number of aromatic amines is 1. The Balaban J connectivity index is 1.67. The van der Waals surface area contributed by atoms with Crippen molar-refractivity contribution in [2.24, 2.45) is 11.8 Å². The second-order valence-electron chi connectivity index (χ2n) is 5.13. The SMILES string of the molecule is CCCCC[C@@H]1[C@@H]2Cc3c(n[nH]c3C#N)[C@H]12. The average molecular weight is 215 g/mol. The topological polar surface area (TPSA) is 52.5 Å². The van der Waals surface area contributed by atoms with Gasteiger partial charge in [0.05, 0.1) is 5.69 Å². The zero-order chi connectivity index (χ0) is 11.1. The predicted molar refractivity (Wildman–Crippen MR) is 60.9 cm³/mol. The van der Waals surface area contributed by atoms with Gasteiger partial charge in [-0.3, -0.25) is 5.10 Å². The number of aromatic nitrogens is 2. The Morgan fingerprint density at radius 2 is 2.38 bits per heavy atom. The van der Waals surface area contributed by atoms with Crippen LogP contribution in [0.25, 0.3) is 0 Å². The number of unbranched alkanes of at least 4 members (excludes halogenated alkanes) is 2. The molecule has 0 aromatic carbocycles. The average Bonchev–Trinajstić information content (AvgIpc) is 2.68. The van der Waals surface area contributed by atoms with Gasteiger partial charge in [-0.25, -0.2) is 0 Å². The highest BCUT2D eigenvalue weighted by Crippen LogP contribution is 2.63. The fourth-order valence-electron chi connectivity index (χ4n) is 3.34. The molecule has 1 fully saturated rings. The molecule has 0 bridgehead atoms. The van der Waals surface area contributed by atoms with Gasteiger partial charge in [-0.05, 0) is 24.7 Å². The van der Waals surface area contributed by atoms with Crippen LogP contribution in [0, 0.1) is 23.2 Å². The van der Waals surface area contributed by atoms with Crippen LogP contribution in [-0.4, -0.2) is 10.2 Å². The molecule has 0 amide bonds. The van der Waals surface area contributed by atoms with E-state index in [0.29, 0.717) is 11.6 Å². The number of rotatable bonds is 4. The number of hydrogen-bond acceptors (Lipinski definition) is 2. The van der Waals surface area contributed by atoms with Crippen molar-refractivity contribution >= 4 is 0 Å². The number of fused-ring (bicyclic) bond motifs is 3. The molecular formula is C13H17N3. The summed E-state index contributed by atoms with van der Waals surface area (Å²) in [5.74, 6) is 2.37. The highest BCUT2D eigenvalue weighted by atomic mass is 15.1.